The molecule has 1 aromatic carbocycles. The van der Waals surface area contributed by atoms with Crippen molar-refractivity contribution in [3.63, 3.8) is 0 Å². The fourth-order valence-electron chi connectivity index (χ4n) is 2.61. The van der Waals surface area contributed by atoms with Crippen molar-refractivity contribution < 1.29 is 13.2 Å². The maximum Gasteiger partial charge on any atom is 0.401 e. The van der Waals surface area contributed by atoms with E-state index >= 15 is 0 Å². The zero-order chi connectivity index (χ0) is 14.6. The number of alkyl halides is 3. The van der Waals surface area contributed by atoms with Crippen LogP contribution in [0.5, 0.6) is 0 Å². The summed E-state index contributed by atoms with van der Waals surface area (Å²) in [4.78, 5) is 2.14. The standard InChI is InChI=1S/C14H20F3N3/c15-14(16,17)10-19-13(9-18)6-7-20(11-13)8-12-4-2-1-3-5-12/h1-5,19H,6-11,18H2. The monoisotopic (exact) mass is 287 g/mol. The first kappa shape index (κ1) is 15.3. The van der Waals surface area contributed by atoms with Gasteiger partial charge in [-0.1, -0.05) is 30.3 Å². The molecule has 20 heavy (non-hydrogen) atoms. The Morgan fingerprint density at radius 3 is 2.55 bits per heavy atom. The van der Waals surface area contributed by atoms with E-state index in [2.05, 4.69) is 10.2 Å². The van der Waals surface area contributed by atoms with Crippen LogP contribution >= 0.6 is 0 Å². The highest BCUT2D eigenvalue weighted by Gasteiger charge is 2.39. The molecule has 0 radical (unpaired) electrons. The van der Waals surface area contributed by atoms with Crippen molar-refractivity contribution in [2.24, 2.45) is 5.73 Å². The predicted octanol–water partition coefficient (Wildman–Crippen LogP) is 1.74. The smallest absolute Gasteiger partial charge is 0.329 e. The Bertz CT molecular complexity index is 421. The van der Waals surface area contributed by atoms with Crippen LogP contribution in [0.2, 0.25) is 0 Å². The van der Waals surface area contributed by atoms with Crippen molar-refractivity contribution in [3.05, 3.63) is 35.9 Å². The van der Waals surface area contributed by atoms with Crippen LogP contribution in [0.15, 0.2) is 30.3 Å². The van der Waals surface area contributed by atoms with Gasteiger partial charge in [-0.3, -0.25) is 4.90 Å². The van der Waals surface area contributed by atoms with Gasteiger partial charge in [0, 0.05) is 31.7 Å². The van der Waals surface area contributed by atoms with Crippen molar-refractivity contribution >= 4 is 0 Å². The molecule has 1 heterocycles. The molecule has 2 rings (SSSR count). The van der Waals surface area contributed by atoms with Gasteiger partial charge in [-0.2, -0.15) is 13.2 Å². The molecule has 6 heteroatoms. The van der Waals surface area contributed by atoms with Crippen molar-refractivity contribution in [1.29, 1.82) is 0 Å². The van der Waals surface area contributed by atoms with Gasteiger partial charge in [0.2, 0.25) is 0 Å². The summed E-state index contributed by atoms with van der Waals surface area (Å²) in [6.45, 7) is 1.29. The van der Waals surface area contributed by atoms with E-state index in [1.807, 2.05) is 30.3 Å². The van der Waals surface area contributed by atoms with E-state index < -0.39 is 18.3 Å². The van der Waals surface area contributed by atoms with Gasteiger partial charge in [-0.15, -0.1) is 0 Å². The number of nitrogens with one attached hydrogen (secondary N) is 1. The van der Waals surface area contributed by atoms with Crippen LogP contribution in [-0.4, -0.2) is 42.8 Å². The fraction of sp³-hybridized carbons (Fsp3) is 0.571. The van der Waals surface area contributed by atoms with Gasteiger partial charge < -0.3 is 11.1 Å². The molecule has 3 nitrogen and oxygen atoms in total. The lowest BCUT2D eigenvalue weighted by molar-refractivity contribution is -0.128. The lowest BCUT2D eigenvalue weighted by Gasteiger charge is -2.30. The van der Waals surface area contributed by atoms with Crippen LogP contribution in [0.4, 0.5) is 13.2 Å². The van der Waals surface area contributed by atoms with Crippen LogP contribution in [0.3, 0.4) is 0 Å². The molecule has 1 atom stereocenters. The summed E-state index contributed by atoms with van der Waals surface area (Å²) in [7, 11) is 0. The summed E-state index contributed by atoms with van der Waals surface area (Å²) in [5.74, 6) is 0. The van der Waals surface area contributed by atoms with Gasteiger partial charge in [0.05, 0.1) is 6.54 Å². The highest BCUT2D eigenvalue weighted by molar-refractivity contribution is 5.15. The summed E-state index contributed by atoms with van der Waals surface area (Å²) in [5.41, 5.74) is 6.24. The summed E-state index contributed by atoms with van der Waals surface area (Å²) in [5, 5.41) is 2.61. The van der Waals surface area contributed by atoms with Crippen LogP contribution in [-0.2, 0) is 6.54 Å². The second-order valence-electron chi connectivity index (χ2n) is 5.40. The molecule has 0 aromatic heterocycles. The molecule has 0 bridgehead atoms. The molecule has 1 aromatic rings. The van der Waals surface area contributed by atoms with E-state index in [0.29, 0.717) is 13.0 Å². The molecule has 112 valence electrons. The summed E-state index contributed by atoms with van der Waals surface area (Å²) < 4.78 is 37.0. The Kier molecular flexibility index (Phi) is 4.67. The lowest BCUT2D eigenvalue weighted by Crippen LogP contribution is -2.55. The number of benzene rings is 1. The number of nitrogens with zero attached hydrogens (tertiary/aromatic N) is 1. The quantitative estimate of drug-likeness (QED) is 0.867. The van der Waals surface area contributed by atoms with Gasteiger partial charge >= 0.3 is 6.18 Å². The molecule has 0 saturated carbocycles. The average molecular weight is 287 g/mol. The molecule has 0 amide bonds. The van der Waals surface area contributed by atoms with Gasteiger partial charge in [-0.25, -0.2) is 0 Å². The maximum atomic E-state index is 12.3. The van der Waals surface area contributed by atoms with E-state index in [1.54, 1.807) is 0 Å². The van der Waals surface area contributed by atoms with E-state index in [0.717, 1.165) is 18.7 Å². The topological polar surface area (TPSA) is 41.3 Å². The zero-order valence-corrected chi connectivity index (χ0v) is 11.3. The Morgan fingerprint density at radius 1 is 1.25 bits per heavy atom. The zero-order valence-electron chi connectivity index (χ0n) is 11.3. The van der Waals surface area contributed by atoms with Crippen molar-refractivity contribution in [2.75, 3.05) is 26.2 Å². The van der Waals surface area contributed by atoms with E-state index in [1.165, 1.54) is 0 Å². The minimum absolute atomic E-state index is 0.217. The van der Waals surface area contributed by atoms with Gasteiger partial charge in [-0.05, 0) is 12.0 Å². The summed E-state index contributed by atoms with van der Waals surface area (Å²) >= 11 is 0. The summed E-state index contributed by atoms with van der Waals surface area (Å²) in [6, 6.07) is 9.91. The van der Waals surface area contributed by atoms with E-state index in [9.17, 15) is 13.2 Å². The van der Waals surface area contributed by atoms with Crippen LogP contribution in [0.1, 0.15) is 12.0 Å². The number of hydrogen-bond donors (Lipinski definition) is 2. The van der Waals surface area contributed by atoms with Crippen molar-refractivity contribution in [1.82, 2.24) is 10.2 Å². The van der Waals surface area contributed by atoms with Crippen LogP contribution in [0, 0.1) is 0 Å². The predicted molar refractivity (Wildman–Crippen MR) is 72.2 cm³/mol. The van der Waals surface area contributed by atoms with Gasteiger partial charge in [0.15, 0.2) is 0 Å². The third kappa shape index (κ3) is 4.19. The first-order chi connectivity index (χ1) is 9.42. The van der Waals surface area contributed by atoms with E-state index in [4.69, 9.17) is 5.73 Å². The molecular weight excluding hydrogens is 267 g/mol. The fourth-order valence-corrected chi connectivity index (χ4v) is 2.61. The molecule has 3 N–H and O–H groups in total. The lowest BCUT2D eigenvalue weighted by atomic mass is 9.99. The highest BCUT2D eigenvalue weighted by atomic mass is 19.4. The van der Waals surface area contributed by atoms with Crippen molar-refractivity contribution in [3.8, 4) is 0 Å². The molecular formula is C14H20F3N3. The first-order valence-electron chi connectivity index (χ1n) is 6.71. The molecule has 1 fully saturated rings. The molecule has 1 unspecified atom stereocenters. The SMILES string of the molecule is NCC1(NCC(F)(F)F)CCN(Cc2ccccc2)C1. The highest BCUT2D eigenvalue weighted by Crippen LogP contribution is 2.24. The first-order valence-corrected chi connectivity index (χ1v) is 6.71. The minimum Gasteiger partial charge on any atom is -0.329 e. The maximum absolute atomic E-state index is 12.3. The number of rotatable bonds is 5. The second-order valence-corrected chi connectivity index (χ2v) is 5.40. The number of likely N-dealkylation sites (tertiary alicyclic amines) is 1. The Balaban J connectivity index is 1.91. The Morgan fingerprint density at radius 2 is 1.95 bits per heavy atom. The van der Waals surface area contributed by atoms with Crippen LogP contribution in [0.25, 0.3) is 0 Å². The average Bonchev–Trinajstić information content (AvgIpc) is 2.81. The summed E-state index contributed by atoms with van der Waals surface area (Å²) in [6.07, 6.45) is -3.55. The number of hydrogen-bond acceptors (Lipinski definition) is 3. The van der Waals surface area contributed by atoms with Gasteiger partial charge in [0.25, 0.3) is 0 Å². The Hall–Kier alpha value is -1.11. The molecule has 1 saturated heterocycles. The second kappa shape index (κ2) is 6.11. The normalized spacial score (nSPS) is 24.2. The third-order valence-corrected chi connectivity index (χ3v) is 3.74. The van der Waals surface area contributed by atoms with Crippen molar-refractivity contribution in [2.45, 2.75) is 24.7 Å². The largest absolute Gasteiger partial charge is 0.401 e. The van der Waals surface area contributed by atoms with Crippen LogP contribution < -0.4 is 11.1 Å². The number of halogens is 3. The Labute approximate surface area is 116 Å². The minimum atomic E-state index is -4.20. The number of nitrogens with two attached hydrogens (primary N) is 1. The van der Waals surface area contributed by atoms with E-state index in [-0.39, 0.29) is 6.54 Å². The molecule has 1 aliphatic heterocycles. The molecule has 1 aliphatic rings. The third-order valence-electron chi connectivity index (χ3n) is 3.74. The van der Waals surface area contributed by atoms with Gasteiger partial charge in [0.1, 0.15) is 0 Å². The molecule has 0 aliphatic carbocycles. The molecule has 0 spiro atoms.